The monoisotopic (exact) mass is 459 g/mol. The van der Waals surface area contributed by atoms with E-state index in [0.29, 0.717) is 24.3 Å². The normalized spacial score (nSPS) is 11.5. The quantitative estimate of drug-likeness (QED) is 0.340. The zero-order chi connectivity index (χ0) is 21.2. The molecule has 0 saturated carbocycles. The summed E-state index contributed by atoms with van der Waals surface area (Å²) in [4.78, 5) is 0. The summed E-state index contributed by atoms with van der Waals surface area (Å²) in [5, 5.41) is 4.32. The summed E-state index contributed by atoms with van der Waals surface area (Å²) < 4.78 is 11.8. The van der Waals surface area contributed by atoms with Crippen LogP contribution in [-0.2, 0) is 19.6 Å². The second kappa shape index (κ2) is 13.3. The Kier molecular flexibility index (Phi) is 10.7. The van der Waals surface area contributed by atoms with Crippen LogP contribution in [0.15, 0.2) is 72.8 Å². The van der Waals surface area contributed by atoms with Gasteiger partial charge < -0.3 is 14.8 Å². The fourth-order valence-electron chi connectivity index (χ4n) is 3.24. The van der Waals surface area contributed by atoms with Gasteiger partial charge in [-0.05, 0) is 56.0 Å². The van der Waals surface area contributed by atoms with E-state index in [9.17, 15) is 0 Å². The Hall–Kier alpha value is -2.20. The van der Waals surface area contributed by atoms with Crippen LogP contribution in [0.2, 0.25) is 5.02 Å². The third kappa shape index (κ3) is 8.10. The lowest BCUT2D eigenvalue weighted by atomic mass is 10.1. The largest absolute Gasteiger partial charge is 0.490 e. The van der Waals surface area contributed by atoms with Crippen molar-refractivity contribution in [3.8, 4) is 11.5 Å². The molecule has 3 aromatic rings. The fourth-order valence-corrected chi connectivity index (χ4v) is 3.43. The number of aryl methyl sites for hydroxylation is 1. The summed E-state index contributed by atoms with van der Waals surface area (Å²) >= 11 is 6.23. The van der Waals surface area contributed by atoms with Gasteiger partial charge in [-0.2, -0.15) is 0 Å². The smallest absolute Gasteiger partial charge is 0.161 e. The molecule has 1 N–H and O–H groups in total. The van der Waals surface area contributed by atoms with Crippen molar-refractivity contribution in [1.29, 1.82) is 0 Å². The second-order valence-electron chi connectivity index (χ2n) is 7.40. The first-order chi connectivity index (χ1) is 14.7. The first kappa shape index (κ1) is 25.1. The van der Waals surface area contributed by atoms with Crippen molar-refractivity contribution in [3.63, 3.8) is 0 Å². The molecule has 31 heavy (non-hydrogen) atoms. The van der Waals surface area contributed by atoms with Crippen molar-refractivity contribution in [3.05, 3.63) is 94.5 Å². The lowest BCUT2D eigenvalue weighted by molar-refractivity contribution is 0.269. The lowest BCUT2D eigenvalue weighted by Gasteiger charge is -2.16. The van der Waals surface area contributed by atoms with Crippen LogP contribution in [0.25, 0.3) is 0 Å². The zero-order valence-electron chi connectivity index (χ0n) is 18.1. The number of rotatable bonds is 11. The number of nitrogens with one attached hydrogen (secondary N) is 1. The molecule has 1 atom stereocenters. The lowest BCUT2D eigenvalue weighted by Crippen LogP contribution is -2.26. The minimum atomic E-state index is 0. The van der Waals surface area contributed by atoms with Crippen molar-refractivity contribution < 1.29 is 9.47 Å². The van der Waals surface area contributed by atoms with E-state index >= 15 is 0 Å². The molecule has 5 heteroatoms. The first-order valence-corrected chi connectivity index (χ1v) is 10.9. The SMILES string of the molecule is CCOc1cc(CNC(C)CCc2ccccc2)ccc1OCc1ccccc1Cl.Cl. The molecular weight excluding hydrogens is 429 g/mol. The van der Waals surface area contributed by atoms with Crippen LogP contribution in [0.4, 0.5) is 0 Å². The van der Waals surface area contributed by atoms with Gasteiger partial charge in [0.1, 0.15) is 6.61 Å². The van der Waals surface area contributed by atoms with Gasteiger partial charge in [-0.15, -0.1) is 12.4 Å². The zero-order valence-corrected chi connectivity index (χ0v) is 19.7. The van der Waals surface area contributed by atoms with Gasteiger partial charge in [-0.1, -0.05) is 66.2 Å². The van der Waals surface area contributed by atoms with Crippen LogP contribution in [-0.4, -0.2) is 12.6 Å². The summed E-state index contributed by atoms with van der Waals surface area (Å²) in [6.07, 6.45) is 2.18. The van der Waals surface area contributed by atoms with E-state index in [4.69, 9.17) is 21.1 Å². The Labute approximate surface area is 197 Å². The number of halogens is 2. The van der Waals surface area contributed by atoms with Gasteiger partial charge in [0.25, 0.3) is 0 Å². The molecule has 0 amide bonds. The Morgan fingerprint density at radius 3 is 2.35 bits per heavy atom. The van der Waals surface area contributed by atoms with E-state index < -0.39 is 0 Å². The molecule has 0 aliphatic rings. The van der Waals surface area contributed by atoms with Gasteiger partial charge >= 0.3 is 0 Å². The minimum absolute atomic E-state index is 0. The molecule has 3 rings (SSSR count). The molecule has 0 spiro atoms. The van der Waals surface area contributed by atoms with Crippen LogP contribution in [0.1, 0.15) is 37.0 Å². The van der Waals surface area contributed by atoms with Crippen molar-refractivity contribution in [1.82, 2.24) is 5.32 Å². The molecule has 0 aromatic heterocycles. The summed E-state index contributed by atoms with van der Waals surface area (Å²) in [5.41, 5.74) is 3.51. The molecule has 0 heterocycles. The third-order valence-electron chi connectivity index (χ3n) is 5.01. The molecule has 3 nitrogen and oxygen atoms in total. The molecule has 3 aromatic carbocycles. The molecule has 0 aliphatic heterocycles. The van der Waals surface area contributed by atoms with Crippen LogP contribution in [0, 0.1) is 0 Å². The van der Waals surface area contributed by atoms with Gasteiger partial charge in [-0.3, -0.25) is 0 Å². The highest BCUT2D eigenvalue weighted by Gasteiger charge is 2.09. The maximum absolute atomic E-state index is 6.23. The highest BCUT2D eigenvalue weighted by molar-refractivity contribution is 6.31. The predicted molar refractivity (Wildman–Crippen MR) is 132 cm³/mol. The van der Waals surface area contributed by atoms with E-state index in [2.05, 4.69) is 54.7 Å². The summed E-state index contributed by atoms with van der Waals surface area (Å²) in [6, 6.07) is 24.9. The molecule has 166 valence electrons. The number of hydrogen-bond acceptors (Lipinski definition) is 3. The van der Waals surface area contributed by atoms with Crippen molar-refractivity contribution in [2.45, 2.75) is 45.9 Å². The Morgan fingerprint density at radius 1 is 0.871 bits per heavy atom. The highest BCUT2D eigenvalue weighted by atomic mass is 35.5. The van der Waals surface area contributed by atoms with Crippen molar-refractivity contribution in [2.75, 3.05) is 6.61 Å². The Balaban J connectivity index is 0.00000341. The van der Waals surface area contributed by atoms with E-state index in [1.165, 1.54) is 11.1 Å². The molecule has 0 saturated heterocycles. The third-order valence-corrected chi connectivity index (χ3v) is 5.38. The Morgan fingerprint density at radius 2 is 1.61 bits per heavy atom. The number of hydrogen-bond donors (Lipinski definition) is 1. The molecule has 1 unspecified atom stereocenters. The maximum atomic E-state index is 6.23. The topological polar surface area (TPSA) is 30.5 Å². The predicted octanol–water partition coefficient (Wildman–Crippen LogP) is 6.85. The highest BCUT2D eigenvalue weighted by Crippen LogP contribution is 2.30. The van der Waals surface area contributed by atoms with Crippen molar-refractivity contribution >= 4 is 24.0 Å². The summed E-state index contributed by atoms with van der Waals surface area (Å²) in [5.74, 6) is 1.50. The second-order valence-corrected chi connectivity index (χ2v) is 7.81. The van der Waals surface area contributed by atoms with Gasteiger partial charge in [0, 0.05) is 23.2 Å². The van der Waals surface area contributed by atoms with Gasteiger partial charge in [0.2, 0.25) is 0 Å². The molecule has 0 bridgehead atoms. The summed E-state index contributed by atoms with van der Waals surface area (Å²) in [6.45, 7) is 6.00. The maximum Gasteiger partial charge on any atom is 0.161 e. The van der Waals surface area contributed by atoms with Crippen LogP contribution >= 0.6 is 24.0 Å². The average Bonchev–Trinajstić information content (AvgIpc) is 2.77. The van der Waals surface area contributed by atoms with E-state index in [1.807, 2.05) is 37.3 Å². The first-order valence-electron chi connectivity index (χ1n) is 10.5. The minimum Gasteiger partial charge on any atom is -0.490 e. The van der Waals surface area contributed by atoms with Crippen LogP contribution < -0.4 is 14.8 Å². The summed E-state index contributed by atoms with van der Waals surface area (Å²) in [7, 11) is 0. The van der Waals surface area contributed by atoms with Gasteiger partial charge in [0.15, 0.2) is 11.5 Å². The van der Waals surface area contributed by atoms with Gasteiger partial charge in [0.05, 0.1) is 6.61 Å². The molecule has 0 radical (unpaired) electrons. The molecular formula is C26H31Cl2NO2. The van der Waals surface area contributed by atoms with Crippen molar-refractivity contribution in [2.24, 2.45) is 0 Å². The molecule has 0 aliphatic carbocycles. The van der Waals surface area contributed by atoms with Crippen LogP contribution in [0.5, 0.6) is 11.5 Å². The van der Waals surface area contributed by atoms with Crippen LogP contribution in [0.3, 0.4) is 0 Å². The molecule has 0 fully saturated rings. The van der Waals surface area contributed by atoms with Gasteiger partial charge in [-0.25, -0.2) is 0 Å². The fraction of sp³-hybridized carbons (Fsp3) is 0.308. The number of benzene rings is 3. The Bertz CT molecular complexity index is 918. The standard InChI is InChI=1S/C26H30ClNO2.ClH/c1-3-29-26-17-22(18-28-20(2)13-14-21-9-5-4-6-10-21)15-16-25(26)30-19-23-11-7-8-12-24(23)27;/h4-12,15-17,20,28H,3,13-14,18-19H2,1-2H3;1H. The van der Waals surface area contributed by atoms with E-state index in [-0.39, 0.29) is 12.4 Å². The number of ether oxygens (including phenoxy) is 2. The van der Waals surface area contributed by atoms with E-state index in [1.54, 1.807) is 0 Å². The van der Waals surface area contributed by atoms with E-state index in [0.717, 1.165) is 36.4 Å². The average molecular weight is 460 g/mol.